The number of hydrogen-bond acceptors (Lipinski definition) is 6. The van der Waals surface area contributed by atoms with Crippen LogP contribution in [0.3, 0.4) is 0 Å². The first-order chi connectivity index (χ1) is 12.9. The number of rotatable bonds is 5. The number of anilines is 1. The van der Waals surface area contributed by atoms with Crippen LogP contribution >= 0.6 is 0 Å². The van der Waals surface area contributed by atoms with Crippen LogP contribution < -0.4 is 22.9 Å². The van der Waals surface area contributed by atoms with Crippen molar-refractivity contribution in [2.75, 3.05) is 25.4 Å². The van der Waals surface area contributed by atoms with Crippen molar-refractivity contribution in [3.05, 3.63) is 52.6 Å². The quantitative estimate of drug-likeness (QED) is 0.651. The molecule has 1 aliphatic heterocycles. The molecule has 1 aliphatic carbocycles. The molecular weight excluding hydrogens is 344 g/mol. The second kappa shape index (κ2) is 6.47. The number of amides is 1. The van der Waals surface area contributed by atoms with E-state index in [0.29, 0.717) is 24.6 Å². The van der Waals surface area contributed by atoms with Crippen molar-refractivity contribution >= 4 is 11.7 Å². The average molecular weight is 368 g/mol. The first-order valence-corrected chi connectivity index (χ1v) is 9.11. The second-order valence-electron chi connectivity index (χ2n) is 7.67. The molecule has 4 rings (SSSR count). The van der Waals surface area contributed by atoms with Crippen LogP contribution in [0.1, 0.15) is 12.0 Å². The Kier molecular flexibility index (Phi) is 4.24. The summed E-state index contributed by atoms with van der Waals surface area (Å²) in [6.07, 6.45) is 3.16. The lowest BCUT2D eigenvalue weighted by Crippen LogP contribution is -2.45. The molecule has 2 fully saturated rings. The number of likely N-dealkylation sites (tertiary alicyclic amines) is 1. The maximum absolute atomic E-state index is 12.6. The van der Waals surface area contributed by atoms with Crippen molar-refractivity contribution in [3.8, 4) is 5.69 Å². The Labute approximate surface area is 157 Å². The number of carbonyl (C=O) groups excluding carboxylic acids is 1. The molecule has 2 unspecified atom stereocenters. The van der Waals surface area contributed by atoms with Crippen LogP contribution in [0.15, 0.2) is 41.3 Å². The number of fused-ring (bicyclic) bond motifs is 1. The summed E-state index contributed by atoms with van der Waals surface area (Å²) in [7, 11) is 0. The average Bonchev–Trinajstić information content (AvgIpc) is 3.22. The minimum absolute atomic E-state index is 0.0157. The molecule has 0 spiro atoms. The van der Waals surface area contributed by atoms with Crippen molar-refractivity contribution in [2.45, 2.75) is 18.9 Å². The van der Waals surface area contributed by atoms with Gasteiger partial charge in [0.1, 0.15) is 5.82 Å². The predicted molar refractivity (Wildman–Crippen MR) is 102 cm³/mol. The Bertz CT molecular complexity index is 921. The summed E-state index contributed by atoms with van der Waals surface area (Å²) in [6.45, 7) is 2.14. The van der Waals surface area contributed by atoms with Gasteiger partial charge in [0.15, 0.2) is 0 Å². The van der Waals surface area contributed by atoms with Gasteiger partial charge in [-0.05, 0) is 49.1 Å². The number of carbonyl (C=O) groups is 1. The summed E-state index contributed by atoms with van der Waals surface area (Å²) in [5.41, 5.74) is 18.9. The zero-order valence-electron chi connectivity index (χ0n) is 15.0. The molecule has 1 aromatic heterocycles. The van der Waals surface area contributed by atoms with Gasteiger partial charge >= 0.3 is 5.69 Å². The van der Waals surface area contributed by atoms with Crippen LogP contribution in [0, 0.1) is 11.3 Å². The van der Waals surface area contributed by atoms with E-state index >= 15 is 0 Å². The van der Waals surface area contributed by atoms with Gasteiger partial charge in [0.25, 0.3) is 0 Å². The Morgan fingerprint density at radius 2 is 2.04 bits per heavy atom. The molecule has 3 atom stereocenters. The van der Waals surface area contributed by atoms with E-state index in [0.717, 1.165) is 25.1 Å². The molecule has 2 aliphatic rings. The van der Waals surface area contributed by atoms with Gasteiger partial charge in [-0.2, -0.15) is 4.98 Å². The van der Waals surface area contributed by atoms with Gasteiger partial charge in [0.05, 0.1) is 11.7 Å². The molecule has 142 valence electrons. The molecule has 0 bridgehead atoms. The summed E-state index contributed by atoms with van der Waals surface area (Å²) in [5.74, 6) is 0.719. The molecule has 27 heavy (non-hydrogen) atoms. The number of nitrogens with two attached hydrogens (primary N) is 3. The lowest BCUT2D eigenvalue weighted by Gasteiger charge is -2.24. The topological polar surface area (TPSA) is 133 Å². The fourth-order valence-electron chi connectivity index (χ4n) is 4.06. The van der Waals surface area contributed by atoms with Gasteiger partial charge in [-0.15, -0.1) is 0 Å². The summed E-state index contributed by atoms with van der Waals surface area (Å²) < 4.78 is 1.41. The van der Waals surface area contributed by atoms with E-state index in [1.807, 2.05) is 17.0 Å². The molecule has 2 heterocycles. The highest BCUT2D eigenvalue weighted by Crippen LogP contribution is 2.56. The highest BCUT2D eigenvalue weighted by molar-refractivity contribution is 5.82. The van der Waals surface area contributed by atoms with E-state index in [-0.39, 0.29) is 17.1 Å². The van der Waals surface area contributed by atoms with Gasteiger partial charge in [-0.3, -0.25) is 9.36 Å². The molecule has 6 N–H and O–H groups in total. The van der Waals surface area contributed by atoms with Gasteiger partial charge in [0, 0.05) is 24.7 Å². The Hall–Kier alpha value is -2.71. The minimum atomic E-state index is -0.580. The number of benzene rings is 1. The molecule has 1 saturated carbocycles. The summed E-state index contributed by atoms with van der Waals surface area (Å²) in [6, 6.07) is 8.34. The smallest absolute Gasteiger partial charge is 0.354 e. The van der Waals surface area contributed by atoms with Gasteiger partial charge in [0.2, 0.25) is 5.91 Å². The number of nitrogens with zero attached hydrogens (tertiary/aromatic N) is 3. The van der Waals surface area contributed by atoms with Crippen LogP contribution in [0.25, 0.3) is 5.69 Å². The van der Waals surface area contributed by atoms with E-state index in [1.165, 1.54) is 4.57 Å². The van der Waals surface area contributed by atoms with Crippen LogP contribution in [0.4, 0.5) is 5.82 Å². The Morgan fingerprint density at radius 1 is 1.30 bits per heavy atom. The van der Waals surface area contributed by atoms with Crippen molar-refractivity contribution < 1.29 is 4.79 Å². The number of aromatic nitrogens is 2. The number of piperidine rings is 1. The molecule has 8 nitrogen and oxygen atoms in total. The second-order valence-corrected chi connectivity index (χ2v) is 7.67. The third-order valence-corrected chi connectivity index (χ3v) is 5.84. The highest BCUT2D eigenvalue weighted by atomic mass is 16.2. The molecule has 1 aromatic carbocycles. The SMILES string of the molecule is NCC12CC1CN(C(=O)[C@@H](N)Cc1ccc(-n3ccc(N)nc3=O)cc1)C2. The molecule has 2 aromatic rings. The fraction of sp³-hybridized carbons (Fsp3) is 0.421. The van der Waals surface area contributed by atoms with E-state index in [2.05, 4.69) is 4.98 Å². The van der Waals surface area contributed by atoms with Crippen molar-refractivity contribution in [1.29, 1.82) is 0 Å². The van der Waals surface area contributed by atoms with Gasteiger partial charge in [-0.1, -0.05) is 12.1 Å². The molecule has 8 heteroatoms. The van der Waals surface area contributed by atoms with Crippen molar-refractivity contribution in [3.63, 3.8) is 0 Å². The molecular formula is C19H24N6O2. The van der Waals surface area contributed by atoms with Gasteiger partial charge < -0.3 is 22.1 Å². The van der Waals surface area contributed by atoms with Crippen molar-refractivity contribution in [1.82, 2.24) is 14.5 Å². The molecule has 1 saturated heterocycles. The largest absolute Gasteiger partial charge is 0.383 e. The predicted octanol–water partition coefficient (Wildman–Crippen LogP) is -0.508. The maximum atomic E-state index is 12.6. The first kappa shape index (κ1) is 17.7. The van der Waals surface area contributed by atoms with Crippen molar-refractivity contribution in [2.24, 2.45) is 22.8 Å². The summed E-state index contributed by atoms with van der Waals surface area (Å²) in [4.78, 5) is 30.1. The minimum Gasteiger partial charge on any atom is -0.383 e. The lowest BCUT2D eigenvalue weighted by atomic mass is 10.0. The van der Waals surface area contributed by atoms with E-state index in [4.69, 9.17) is 17.2 Å². The van der Waals surface area contributed by atoms with Crippen LogP contribution in [0.5, 0.6) is 0 Å². The summed E-state index contributed by atoms with van der Waals surface area (Å²) >= 11 is 0. The van der Waals surface area contributed by atoms with E-state index < -0.39 is 11.7 Å². The summed E-state index contributed by atoms with van der Waals surface area (Å²) in [5, 5.41) is 0. The monoisotopic (exact) mass is 368 g/mol. The van der Waals surface area contributed by atoms with Gasteiger partial charge in [-0.25, -0.2) is 4.79 Å². The highest BCUT2D eigenvalue weighted by Gasteiger charge is 2.59. The fourth-order valence-corrected chi connectivity index (χ4v) is 4.06. The number of hydrogen-bond donors (Lipinski definition) is 3. The van der Waals surface area contributed by atoms with Crippen LogP contribution in [-0.4, -0.2) is 46.0 Å². The molecule has 1 amide bonds. The van der Waals surface area contributed by atoms with Crippen LogP contribution in [-0.2, 0) is 11.2 Å². The first-order valence-electron chi connectivity index (χ1n) is 9.11. The molecule has 0 radical (unpaired) electrons. The van der Waals surface area contributed by atoms with Crippen LogP contribution in [0.2, 0.25) is 0 Å². The van der Waals surface area contributed by atoms with E-state index in [1.54, 1.807) is 24.4 Å². The third-order valence-electron chi connectivity index (χ3n) is 5.84. The Balaban J connectivity index is 1.41. The van der Waals surface area contributed by atoms with E-state index in [9.17, 15) is 9.59 Å². The zero-order valence-corrected chi connectivity index (χ0v) is 15.0. The zero-order chi connectivity index (χ0) is 19.2. The Morgan fingerprint density at radius 3 is 2.67 bits per heavy atom. The standard InChI is InChI=1S/C19H24N6O2/c20-10-19-8-13(19)9-24(11-19)17(26)15(21)7-12-1-3-14(4-2-12)25-6-5-16(22)23-18(25)27/h1-6,13,15H,7-11,20-21H2,(H2,22,23,27)/t13?,15-,19?/m0/s1. The number of nitrogen functional groups attached to an aromatic ring is 1. The lowest BCUT2D eigenvalue weighted by molar-refractivity contribution is -0.132. The normalized spacial score (nSPS) is 24.5. The third kappa shape index (κ3) is 3.22. The maximum Gasteiger partial charge on any atom is 0.354 e.